The van der Waals surface area contributed by atoms with Crippen molar-refractivity contribution in [2.75, 3.05) is 25.6 Å². The third-order valence-corrected chi connectivity index (χ3v) is 3.78. The molecular formula is C20H22N2O6. The largest absolute Gasteiger partial charge is 0.493 e. The summed E-state index contributed by atoms with van der Waals surface area (Å²) in [5.41, 5.74) is 6.87. The second-order valence-corrected chi connectivity index (χ2v) is 5.76. The van der Waals surface area contributed by atoms with E-state index in [0.717, 1.165) is 12.0 Å². The Morgan fingerprint density at radius 2 is 1.79 bits per heavy atom. The van der Waals surface area contributed by atoms with Crippen LogP contribution in [0.25, 0.3) is 0 Å². The topological polar surface area (TPSA) is 117 Å². The van der Waals surface area contributed by atoms with E-state index in [1.807, 2.05) is 25.1 Å². The number of ether oxygens (including phenoxy) is 3. The zero-order chi connectivity index (χ0) is 20.5. The van der Waals surface area contributed by atoms with Crippen LogP contribution in [-0.2, 0) is 20.7 Å². The summed E-state index contributed by atoms with van der Waals surface area (Å²) in [5, 5.41) is 2.72. The van der Waals surface area contributed by atoms with Crippen molar-refractivity contribution >= 4 is 23.5 Å². The summed E-state index contributed by atoms with van der Waals surface area (Å²) >= 11 is 0. The summed E-state index contributed by atoms with van der Waals surface area (Å²) in [6, 6.07) is 11.7. The van der Waals surface area contributed by atoms with Gasteiger partial charge in [-0.15, -0.1) is 0 Å². The van der Waals surface area contributed by atoms with Gasteiger partial charge in [0.1, 0.15) is 0 Å². The summed E-state index contributed by atoms with van der Waals surface area (Å²) in [7, 11) is 1.39. The molecule has 8 nitrogen and oxygen atoms in total. The van der Waals surface area contributed by atoms with Crippen molar-refractivity contribution in [1.29, 1.82) is 0 Å². The molecule has 0 bridgehead atoms. The molecule has 0 radical (unpaired) electrons. The summed E-state index contributed by atoms with van der Waals surface area (Å²) in [6.45, 7) is 1.23. The second kappa shape index (κ2) is 9.96. The van der Waals surface area contributed by atoms with Gasteiger partial charge >= 0.3 is 5.97 Å². The maximum Gasteiger partial charge on any atom is 0.338 e. The second-order valence-electron chi connectivity index (χ2n) is 5.76. The lowest BCUT2D eigenvalue weighted by molar-refractivity contribution is -0.120. The van der Waals surface area contributed by atoms with Gasteiger partial charge in [-0.1, -0.05) is 25.1 Å². The van der Waals surface area contributed by atoms with E-state index in [9.17, 15) is 14.4 Å². The number of benzene rings is 2. The molecule has 2 amide bonds. The molecule has 0 fully saturated rings. The fourth-order valence-electron chi connectivity index (χ4n) is 2.41. The molecule has 2 rings (SSSR count). The molecule has 0 saturated heterocycles. The monoisotopic (exact) mass is 386 g/mol. The Kier molecular flexibility index (Phi) is 7.38. The Morgan fingerprint density at radius 3 is 2.46 bits per heavy atom. The van der Waals surface area contributed by atoms with Crippen LogP contribution in [-0.4, -0.2) is 38.1 Å². The van der Waals surface area contributed by atoms with Gasteiger partial charge < -0.3 is 25.3 Å². The summed E-state index contributed by atoms with van der Waals surface area (Å²) in [6.07, 6.45) is 0.764. The molecule has 28 heavy (non-hydrogen) atoms. The van der Waals surface area contributed by atoms with Gasteiger partial charge in [-0.3, -0.25) is 9.59 Å². The Hall–Kier alpha value is -3.55. The molecule has 0 atom stereocenters. The molecule has 0 aromatic heterocycles. The van der Waals surface area contributed by atoms with Crippen molar-refractivity contribution in [3.8, 4) is 11.5 Å². The number of nitrogens with two attached hydrogens (primary N) is 1. The Labute approximate surface area is 162 Å². The first-order valence-electron chi connectivity index (χ1n) is 8.58. The fraction of sp³-hybridized carbons (Fsp3) is 0.250. The quantitative estimate of drug-likeness (QED) is 0.636. The maximum atomic E-state index is 12.2. The minimum absolute atomic E-state index is 0.171. The molecule has 0 aliphatic heterocycles. The zero-order valence-electron chi connectivity index (χ0n) is 15.7. The molecule has 148 valence electrons. The Morgan fingerprint density at radius 1 is 1.04 bits per heavy atom. The number of carbonyl (C=O) groups excluding carboxylic acids is 3. The smallest absolute Gasteiger partial charge is 0.338 e. The normalized spacial score (nSPS) is 10.1. The number of primary amides is 1. The fourth-order valence-corrected chi connectivity index (χ4v) is 2.41. The minimum Gasteiger partial charge on any atom is -0.493 e. The third kappa shape index (κ3) is 5.73. The van der Waals surface area contributed by atoms with Crippen LogP contribution in [0, 0.1) is 0 Å². The van der Waals surface area contributed by atoms with Crippen molar-refractivity contribution in [2.45, 2.75) is 13.3 Å². The molecular weight excluding hydrogens is 364 g/mol. The highest BCUT2D eigenvalue weighted by atomic mass is 16.5. The molecule has 0 aliphatic rings. The van der Waals surface area contributed by atoms with E-state index in [1.54, 1.807) is 6.07 Å². The number of aryl methyl sites for hydroxylation is 1. The van der Waals surface area contributed by atoms with Gasteiger partial charge in [-0.25, -0.2) is 4.79 Å². The standard InChI is InChI=1S/C20H22N2O6/c1-3-13-6-4-5-7-15(13)22-19(24)12-28-20(25)14-8-9-16(17(10-14)26-2)27-11-18(21)23/h4-10H,3,11-12H2,1-2H3,(H2,21,23)(H,22,24). The van der Waals surface area contributed by atoms with E-state index >= 15 is 0 Å². The lowest BCUT2D eigenvalue weighted by Gasteiger charge is -2.12. The highest BCUT2D eigenvalue weighted by Crippen LogP contribution is 2.28. The molecule has 2 aromatic carbocycles. The first-order chi connectivity index (χ1) is 13.4. The van der Waals surface area contributed by atoms with Crippen molar-refractivity contribution in [1.82, 2.24) is 0 Å². The summed E-state index contributed by atoms with van der Waals surface area (Å²) < 4.78 is 15.4. The number of anilines is 1. The van der Waals surface area contributed by atoms with Gasteiger partial charge in [-0.2, -0.15) is 0 Å². The van der Waals surface area contributed by atoms with Crippen LogP contribution in [0.2, 0.25) is 0 Å². The SMILES string of the molecule is CCc1ccccc1NC(=O)COC(=O)c1ccc(OCC(N)=O)c(OC)c1. The first kappa shape index (κ1) is 20.8. The number of methoxy groups -OCH3 is 1. The number of esters is 1. The van der Waals surface area contributed by atoms with Crippen LogP contribution >= 0.6 is 0 Å². The van der Waals surface area contributed by atoms with Crippen LogP contribution in [0.15, 0.2) is 42.5 Å². The van der Waals surface area contributed by atoms with Crippen molar-refractivity contribution in [3.63, 3.8) is 0 Å². The van der Waals surface area contributed by atoms with Gasteiger partial charge in [-0.05, 0) is 36.2 Å². The molecule has 0 unspecified atom stereocenters. The van der Waals surface area contributed by atoms with E-state index < -0.39 is 24.4 Å². The highest BCUT2D eigenvalue weighted by molar-refractivity contribution is 5.96. The van der Waals surface area contributed by atoms with E-state index in [1.165, 1.54) is 25.3 Å². The van der Waals surface area contributed by atoms with Crippen molar-refractivity contribution < 1.29 is 28.6 Å². The van der Waals surface area contributed by atoms with Crippen LogP contribution in [0.5, 0.6) is 11.5 Å². The minimum atomic E-state index is -0.696. The lowest BCUT2D eigenvalue weighted by atomic mass is 10.1. The molecule has 0 spiro atoms. The number of carbonyl (C=O) groups is 3. The predicted octanol–water partition coefficient (Wildman–Crippen LogP) is 1.92. The number of amides is 2. The van der Waals surface area contributed by atoms with Crippen LogP contribution in [0.4, 0.5) is 5.69 Å². The lowest BCUT2D eigenvalue weighted by Crippen LogP contribution is -2.21. The zero-order valence-corrected chi connectivity index (χ0v) is 15.7. The van der Waals surface area contributed by atoms with Crippen LogP contribution in [0.1, 0.15) is 22.8 Å². The van der Waals surface area contributed by atoms with Crippen LogP contribution < -0.4 is 20.5 Å². The van der Waals surface area contributed by atoms with Crippen LogP contribution in [0.3, 0.4) is 0 Å². The van der Waals surface area contributed by atoms with E-state index in [-0.39, 0.29) is 23.7 Å². The van der Waals surface area contributed by atoms with Crippen molar-refractivity contribution in [2.24, 2.45) is 5.73 Å². The van der Waals surface area contributed by atoms with E-state index in [4.69, 9.17) is 19.9 Å². The average Bonchev–Trinajstić information content (AvgIpc) is 2.70. The number of rotatable bonds is 9. The maximum absolute atomic E-state index is 12.2. The molecule has 3 N–H and O–H groups in total. The molecule has 2 aromatic rings. The Balaban J connectivity index is 1.96. The summed E-state index contributed by atoms with van der Waals surface area (Å²) in [5.74, 6) is -1.29. The first-order valence-corrected chi connectivity index (χ1v) is 8.58. The van der Waals surface area contributed by atoms with Gasteiger partial charge in [0.05, 0.1) is 12.7 Å². The Bertz CT molecular complexity index is 866. The average molecular weight is 386 g/mol. The number of hydrogen-bond acceptors (Lipinski definition) is 6. The van der Waals surface area contributed by atoms with Gasteiger partial charge in [0.25, 0.3) is 11.8 Å². The third-order valence-electron chi connectivity index (χ3n) is 3.78. The van der Waals surface area contributed by atoms with E-state index in [0.29, 0.717) is 5.69 Å². The van der Waals surface area contributed by atoms with Crippen molar-refractivity contribution in [3.05, 3.63) is 53.6 Å². The van der Waals surface area contributed by atoms with Gasteiger partial charge in [0.15, 0.2) is 24.7 Å². The molecule has 0 aliphatic carbocycles. The van der Waals surface area contributed by atoms with E-state index in [2.05, 4.69) is 5.32 Å². The molecule has 8 heteroatoms. The summed E-state index contributed by atoms with van der Waals surface area (Å²) in [4.78, 5) is 35.1. The van der Waals surface area contributed by atoms with Gasteiger partial charge in [0.2, 0.25) is 0 Å². The number of para-hydroxylation sites is 1. The molecule has 0 heterocycles. The highest BCUT2D eigenvalue weighted by Gasteiger charge is 2.15. The number of nitrogens with one attached hydrogen (secondary N) is 1. The molecule has 0 saturated carbocycles. The predicted molar refractivity (Wildman–Crippen MR) is 102 cm³/mol. The number of hydrogen-bond donors (Lipinski definition) is 2. The van der Waals surface area contributed by atoms with Gasteiger partial charge in [0, 0.05) is 5.69 Å².